The SMILES string of the molecule is C[C@@]12C[C@H]3CN[C@@H]1CCCC[C@@H]2N3C(=O)c1ccnc(Cc2cccc(F)c2)c1. The molecular weight excluding hydrogens is 365 g/mol. The maximum Gasteiger partial charge on any atom is 0.254 e. The summed E-state index contributed by atoms with van der Waals surface area (Å²) < 4.78 is 13.5. The maximum absolute atomic E-state index is 13.6. The van der Waals surface area contributed by atoms with Crippen molar-refractivity contribution in [3.05, 3.63) is 65.2 Å². The molecule has 5 heteroatoms. The lowest BCUT2D eigenvalue weighted by molar-refractivity contribution is 0.0628. The summed E-state index contributed by atoms with van der Waals surface area (Å²) in [5.74, 6) is -0.126. The Bertz CT molecular complexity index is 932. The van der Waals surface area contributed by atoms with Crippen molar-refractivity contribution in [3.63, 3.8) is 0 Å². The minimum absolute atomic E-state index is 0.121. The molecule has 1 N–H and O–H groups in total. The van der Waals surface area contributed by atoms with E-state index >= 15 is 0 Å². The van der Waals surface area contributed by atoms with Crippen LogP contribution in [0.3, 0.4) is 0 Å². The van der Waals surface area contributed by atoms with Gasteiger partial charge in [0.1, 0.15) is 5.82 Å². The summed E-state index contributed by atoms with van der Waals surface area (Å²) >= 11 is 0. The van der Waals surface area contributed by atoms with E-state index in [1.165, 1.54) is 31.4 Å². The van der Waals surface area contributed by atoms with Crippen LogP contribution < -0.4 is 5.32 Å². The highest BCUT2D eigenvalue weighted by atomic mass is 19.1. The van der Waals surface area contributed by atoms with Crippen molar-refractivity contribution < 1.29 is 9.18 Å². The molecule has 2 bridgehead atoms. The van der Waals surface area contributed by atoms with Gasteiger partial charge in [0, 0.05) is 54.0 Å². The van der Waals surface area contributed by atoms with E-state index in [0.717, 1.165) is 30.6 Å². The van der Waals surface area contributed by atoms with E-state index in [9.17, 15) is 9.18 Å². The number of hydrogen-bond donors (Lipinski definition) is 1. The highest BCUT2D eigenvalue weighted by Gasteiger charge is 2.57. The van der Waals surface area contributed by atoms with Gasteiger partial charge in [0.15, 0.2) is 0 Å². The molecule has 1 saturated carbocycles. The van der Waals surface area contributed by atoms with Crippen LogP contribution in [0.1, 0.15) is 60.6 Å². The Kier molecular flexibility index (Phi) is 4.66. The van der Waals surface area contributed by atoms with E-state index < -0.39 is 0 Å². The Morgan fingerprint density at radius 3 is 3.00 bits per heavy atom. The maximum atomic E-state index is 13.6. The van der Waals surface area contributed by atoms with Crippen LogP contribution in [-0.4, -0.2) is 40.5 Å². The van der Waals surface area contributed by atoms with Crippen molar-refractivity contribution in [2.75, 3.05) is 6.54 Å². The summed E-state index contributed by atoms with van der Waals surface area (Å²) in [6.45, 7) is 3.27. The fraction of sp³-hybridized carbons (Fsp3) is 0.500. The van der Waals surface area contributed by atoms with Crippen LogP contribution in [0.25, 0.3) is 0 Å². The number of pyridine rings is 1. The molecule has 3 heterocycles. The molecule has 3 aliphatic rings. The Balaban J connectivity index is 1.42. The highest BCUT2D eigenvalue weighted by molar-refractivity contribution is 5.95. The third kappa shape index (κ3) is 3.25. The Morgan fingerprint density at radius 2 is 2.14 bits per heavy atom. The lowest BCUT2D eigenvalue weighted by atomic mass is 9.72. The first-order valence-electron chi connectivity index (χ1n) is 10.8. The zero-order chi connectivity index (χ0) is 20.0. The molecule has 1 aromatic carbocycles. The second-order valence-electron chi connectivity index (χ2n) is 9.18. The predicted octanol–water partition coefficient (Wildman–Crippen LogP) is 3.95. The van der Waals surface area contributed by atoms with Crippen molar-refractivity contribution in [3.8, 4) is 0 Å². The largest absolute Gasteiger partial charge is 0.331 e. The van der Waals surface area contributed by atoms with Crippen molar-refractivity contribution >= 4 is 5.91 Å². The van der Waals surface area contributed by atoms with Crippen LogP contribution in [-0.2, 0) is 6.42 Å². The number of hydrogen-bond acceptors (Lipinski definition) is 3. The molecule has 152 valence electrons. The number of likely N-dealkylation sites (tertiary alicyclic amines) is 1. The zero-order valence-electron chi connectivity index (χ0n) is 16.9. The number of piperidine rings is 1. The van der Waals surface area contributed by atoms with Crippen LogP contribution in [0.2, 0.25) is 0 Å². The van der Waals surface area contributed by atoms with Crippen molar-refractivity contribution in [2.24, 2.45) is 5.41 Å². The van der Waals surface area contributed by atoms with Gasteiger partial charge in [-0.25, -0.2) is 4.39 Å². The van der Waals surface area contributed by atoms with Gasteiger partial charge < -0.3 is 10.2 Å². The fourth-order valence-corrected chi connectivity index (χ4v) is 5.98. The van der Waals surface area contributed by atoms with Crippen molar-refractivity contribution in [1.29, 1.82) is 0 Å². The number of aromatic nitrogens is 1. The monoisotopic (exact) mass is 393 g/mol. The number of rotatable bonds is 3. The first-order valence-corrected chi connectivity index (χ1v) is 10.8. The predicted molar refractivity (Wildman–Crippen MR) is 110 cm³/mol. The van der Waals surface area contributed by atoms with Gasteiger partial charge in [-0.2, -0.15) is 0 Å². The van der Waals surface area contributed by atoms with Crippen LogP contribution in [0.4, 0.5) is 4.39 Å². The standard InChI is InChI=1S/C24H28FN3O/c1-24-14-20-15-27-21(24)7-2-3-8-22(24)28(20)23(29)17-9-10-26-19(13-17)12-16-5-4-6-18(25)11-16/h4-6,9-11,13,20-22,27H,2-3,7-8,12,14-15H2,1H3/t20-,21+,22-,24+/m0/s1. The number of carbonyl (C=O) groups excluding carboxylic acids is 1. The molecule has 0 unspecified atom stereocenters. The third-order valence-electron chi connectivity index (χ3n) is 7.35. The van der Waals surface area contributed by atoms with Gasteiger partial charge in [-0.05, 0) is 49.1 Å². The lowest BCUT2D eigenvalue weighted by Gasteiger charge is -2.39. The summed E-state index contributed by atoms with van der Waals surface area (Å²) in [5, 5.41) is 3.74. The number of nitrogens with one attached hydrogen (secondary N) is 1. The van der Waals surface area contributed by atoms with Crippen LogP contribution in [0.15, 0.2) is 42.6 Å². The van der Waals surface area contributed by atoms with Gasteiger partial charge in [0.25, 0.3) is 5.91 Å². The quantitative estimate of drug-likeness (QED) is 0.859. The molecule has 3 fully saturated rings. The second-order valence-corrected chi connectivity index (χ2v) is 9.18. The van der Waals surface area contributed by atoms with Crippen molar-refractivity contribution in [2.45, 2.75) is 63.6 Å². The summed E-state index contributed by atoms with van der Waals surface area (Å²) in [6, 6.07) is 11.4. The molecule has 2 aromatic rings. The van der Waals surface area contributed by atoms with E-state index in [1.807, 2.05) is 18.2 Å². The molecule has 2 saturated heterocycles. The molecule has 4 atom stereocenters. The molecule has 1 aromatic heterocycles. The van der Waals surface area contributed by atoms with E-state index in [4.69, 9.17) is 0 Å². The summed E-state index contributed by atoms with van der Waals surface area (Å²) in [5.41, 5.74) is 2.53. The van der Waals surface area contributed by atoms with E-state index in [-0.39, 0.29) is 23.2 Å². The van der Waals surface area contributed by atoms with Crippen LogP contribution >= 0.6 is 0 Å². The lowest BCUT2D eigenvalue weighted by Crippen LogP contribution is -2.51. The Morgan fingerprint density at radius 1 is 1.28 bits per heavy atom. The third-order valence-corrected chi connectivity index (χ3v) is 7.35. The average Bonchev–Trinajstić information content (AvgIpc) is 2.82. The summed E-state index contributed by atoms with van der Waals surface area (Å²) in [7, 11) is 0. The van der Waals surface area contributed by atoms with Gasteiger partial charge in [-0.1, -0.05) is 31.9 Å². The minimum Gasteiger partial charge on any atom is -0.331 e. The first-order chi connectivity index (χ1) is 14.0. The van der Waals surface area contributed by atoms with Gasteiger partial charge in [-0.15, -0.1) is 0 Å². The Labute approximate surface area is 171 Å². The number of nitrogens with zero attached hydrogens (tertiary/aromatic N) is 2. The smallest absolute Gasteiger partial charge is 0.254 e. The van der Waals surface area contributed by atoms with E-state index in [2.05, 4.69) is 22.1 Å². The topological polar surface area (TPSA) is 45.2 Å². The number of fused-ring (bicyclic) bond motifs is 1. The summed E-state index contributed by atoms with van der Waals surface area (Å²) in [4.78, 5) is 20.2. The van der Waals surface area contributed by atoms with Gasteiger partial charge in [0.05, 0.1) is 0 Å². The molecule has 2 aliphatic heterocycles. The first kappa shape index (κ1) is 18.7. The molecule has 1 amide bonds. The minimum atomic E-state index is -0.247. The molecule has 5 rings (SSSR count). The van der Waals surface area contributed by atoms with Gasteiger partial charge in [0.2, 0.25) is 0 Å². The molecule has 1 aliphatic carbocycles. The van der Waals surface area contributed by atoms with Crippen LogP contribution in [0, 0.1) is 11.2 Å². The molecule has 29 heavy (non-hydrogen) atoms. The Hall–Kier alpha value is -2.27. The summed E-state index contributed by atoms with van der Waals surface area (Å²) in [6.07, 6.45) is 8.07. The van der Waals surface area contributed by atoms with Crippen LogP contribution in [0.5, 0.6) is 0 Å². The van der Waals surface area contributed by atoms with E-state index in [0.29, 0.717) is 24.1 Å². The number of carbonyl (C=O) groups is 1. The normalized spacial score (nSPS) is 30.8. The van der Waals surface area contributed by atoms with Gasteiger partial charge >= 0.3 is 0 Å². The fourth-order valence-electron chi connectivity index (χ4n) is 5.98. The zero-order valence-corrected chi connectivity index (χ0v) is 16.9. The molecular formula is C24H28FN3O. The van der Waals surface area contributed by atoms with Crippen molar-refractivity contribution in [1.82, 2.24) is 15.2 Å². The number of benzene rings is 1. The highest BCUT2D eigenvalue weighted by Crippen LogP contribution is 2.50. The number of amides is 1. The molecule has 0 radical (unpaired) electrons. The molecule has 4 nitrogen and oxygen atoms in total. The van der Waals surface area contributed by atoms with E-state index in [1.54, 1.807) is 12.3 Å². The second kappa shape index (κ2) is 7.21. The van der Waals surface area contributed by atoms with Gasteiger partial charge in [-0.3, -0.25) is 9.78 Å². The average molecular weight is 394 g/mol. The number of halogens is 1. The molecule has 0 spiro atoms.